The highest BCUT2D eigenvalue weighted by molar-refractivity contribution is 6.31. The summed E-state index contributed by atoms with van der Waals surface area (Å²) in [7, 11) is 0. The van der Waals surface area contributed by atoms with Crippen molar-refractivity contribution in [2.24, 2.45) is 11.7 Å². The first kappa shape index (κ1) is 11.7. The molecule has 2 rings (SSSR count). The zero-order valence-electron chi connectivity index (χ0n) is 9.78. The number of aromatic nitrogens is 1. The molecule has 1 aliphatic rings. The van der Waals surface area contributed by atoms with E-state index in [4.69, 9.17) is 17.3 Å². The van der Waals surface area contributed by atoms with Crippen LogP contribution >= 0.6 is 11.6 Å². The van der Waals surface area contributed by atoms with Gasteiger partial charge in [-0.2, -0.15) is 0 Å². The van der Waals surface area contributed by atoms with Crippen LogP contribution in [0.2, 0.25) is 5.02 Å². The van der Waals surface area contributed by atoms with Crippen LogP contribution in [0.3, 0.4) is 0 Å². The Morgan fingerprint density at radius 2 is 2.31 bits per heavy atom. The van der Waals surface area contributed by atoms with Crippen molar-refractivity contribution in [3.05, 3.63) is 22.8 Å². The van der Waals surface area contributed by atoms with E-state index in [0.717, 1.165) is 23.8 Å². The molecule has 0 spiro atoms. The van der Waals surface area contributed by atoms with Crippen LogP contribution in [0.4, 0.5) is 5.82 Å². The van der Waals surface area contributed by atoms with Crippen LogP contribution in [0.25, 0.3) is 0 Å². The van der Waals surface area contributed by atoms with Crippen molar-refractivity contribution in [3.63, 3.8) is 0 Å². The Morgan fingerprint density at radius 3 is 2.88 bits per heavy atom. The van der Waals surface area contributed by atoms with Gasteiger partial charge >= 0.3 is 0 Å². The summed E-state index contributed by atoms with van der Waals surface area (Å²) in [5.74, 6) is 1.73. The van der Waals surface area contributed by atoms with Gasteiger partial charge in [-0.05, 0) is 30.9 Å². The number of hydrogen-bond donors (Lipinski definition) is 1. The number of hydrogen-bond acceptors (Lipinski definition) is 3. The second kappa shape index (κ2) is 4.60. The molecular weight excluding hydrogens is 222 g/mol. The first-order valence-corrected chi connectivity index (χ1v) is 6.10. The van der Waals surface area contributed by atoms with Gasteiger partial charge < -0.3 is 10.6 Å². The molecule has 0 aliphatic carbocycles. The van der Waals surface area contributed by atoms with Crippen molar-refractivity contribution in [1.29, 1.82) is 0 Å². The summed E-state index contributed by atoms with van der Waals surface area (Å²) in [6, 6.07) is 2.56. The minimum Gasteiger partial charge on any atom is -0.354 e. The predicted octanol–water partition coefficient (Wildman–Crippen LogP) is 2.43. The third-order valence-corrected chi connectivity index (χ3v) is 3.56. The number of anilines is 1. The van der Waals surface area contributed by atoms with Crippen molar-refractivity contribution in [3.8, 4) is 0 Å². The molecule has 0 aromatic carbocycles. The number of rotatable bonds is 2. The summed E-state index contributed by atoms with van der Waals surface area (Å²) in [4.78, 5) is 6.73. The minimum absolute atomic E-state index is 0.464. The zero-order chi connectivity index (χ0) is 11.7. The van der Waals surface area contributed by atoms with Gasteiger partial charge in [0.25, 0.3) is 0 Å². The molecule has 1 aromatic rings. The second-order valence-electron chi connectivity index (χ2n) is 4.68. The van der Waals surface area contributed by atoms with Gasteiger partial charge in [0.05, 0.1) is 5.02 Å². The van der Waals surface area contributed by atoms with E-state index in [1.54, 1.807) is 6.20 Å². The van der Waals surface area contributed by atoms with Gasteiger partial charge in [0.15, 0.2) is 0 Å². The summed E-state index contributed by atoms with van der Waals surface area (Å²) in [5.41, 5.74) is 6.62. The minimum atomic E-state index is 0.464. The second-order valence-corrected chi connectivity index (χ2v) is 5.09. The van der Waals surface area contributed by atoms with Gasteiger partial charge in [0.2, 0.25) is 0 Å². The Morgan fingerprint density at radius 1 is 1.56 bits per heavy atom. The lowest BCUT2D eigenvalue weighted by atomic mass is 10.1. The summed E-state index contributed by atoms with van der Waals surface area (Å²) >= 11 is 6.01. The molecule has 1 aliphatic heterocycles. The monoisotopic (exact) mass is 239 g/mol. The fraction of sp³-hybridized carbons (Fsp3) is 0.583. The van der Waals surface area contributed by atoms with Gasteiger partial charge in [0.1, 0.15) is 5.82 Å². The molecular formula is C12H18ClN3. The molecule has 3 nitrogen and oxygen atoms in total. The Balaban J connectivity index is 2.27. The van der Waals surface area contributed by atoms with Crippen molar-refractivity contribution < 1.29 is 0 Å². The molecule has 0 saturated carbocycles. The zero-order valence-corrected chi connectivity index (χ0v) is 10.5. The molecule has 4 heteroatoms. The Hall–Kier alpha value is -0.800. The van der Waals surface area contributed by atoms with E-state index in [9.17, 15) is 0 Å². The Labute approximate surface area is 102 Å². The molecule has 0 amide bonds. The maximum Gasteiger partial charge on any atom is 0.129 e. The summed E-state index contributed by atoms with van der Waals surface area (Å²) < 4.78 is 0. The van der Waals surface area contributed by atoms with Gasteiger partial charge in [-0.1, -0.05) is 18.5 Å². The quantitative estimate of drug-likeness (QED) is 0.862. The molecule has 1 saturated heterocycles. The lowest BCUT2D eigenvalue weighted by Gasteiger charge is -2.23. The maximum absolute atomic E-state index is 6.01. The number of pyridine rings is 1. The number of nitrogens with two attached hydrogens (primary N) is 1. The third kappa shape index (κ3) is 2.15. The van der Waals surface area contributed by atoms with Gasteiger partial charge in [-0.3, -0.25) is 0 Å². The molecule has 16 heavy (non-hydrogen) atoms. The topological polar surface area (TPSA) is 42.1 Å². The van der Waals surface area contributed by atoms with E-state index in [-0.39, 0.29) is 0 Å². The van der Waals surface area contributed by atoms with Gasteiger partial charge in [-0.15, -0.1) is 0 Å². The summed E-state index contributed by atoms with van der Waals surface area (Å²) in [5, 5.41) is 0.658. The van der Waals surface area contributed by atoms with Crippen molar-refractivity contribution in [2.75, 3.05) is 11.4 Å². The highest BCUT2D eigenvalue weighted by atomic mass is 35.5. The average Bonchev–Trinajstić information content (AvgIpc) is 2.59. The van der Waals surface area contributed by atoms with E-state index < -0.39 is 0 Å². The van der Waals surface area contributed by atoms with Crippen LogP contribution in [-0.4, -0.2) is 17.6 Å². The van der Waals surface area contributed by atoms with Crippen LogP contribution in [0, 0.1) is 5.92 Å². The molecule has 1 fully saturated rings. The van der Waals surface area contributed by atoms with E-state index in [2.05, 4.69) is 23.7 Å². The normalized spacial score (nSPS) is 25.1. The van der Waals surface area contributed by atoms with Crippen LogP contribution in [-0.2, 0) is 6.54 Å². The highest BCUT2D eigenvalue weighted by Crippen LogP contribution is 2.29. The lowest BCUT2D eigenvalue weighted by molar-refractivity contribution is 0.625. The van der Waals surface area contributed by atoms with E-state index in [1.165, 1.54) is 6.42 Å². The number of halogens is 1. The Kier molecular flexibility index (Phi) is 3.36. The Bertz CT molecular complexity index is 381. The maximum atomic E-state index is 6.01. The van der Waals surface area contributed by atoms with E-state index >= 15 is 0 Å². The predicted molar refractivity (Wildman–Crippen MR) is 67.7 cm³/mol. The third-order valence-electron chi connectivity index (χ3n) is 3.22. The largest absolute Gasteiger partial charge is 0.354 e. The van der Waals surface area contributed by atoms with Crippen molar-refractivity contribution in [1.82, 2.24) is 4.98 Å². The highest BCUT2D eigenvalue weighted by Gasteiger charge is 2.27. The fourth-order valence-electron chi connectivity index (χ4n) is 2.40. The van der Waals surface area contributed by atoms with E-state index in [0.29, 0.717) is 17.6 Å². The molecule has 2 atom stereocenters. The molecule has 0 radical (unpaired) electrons. The van der Waals surface area contributed by atoms with Crippen LogP contribution in [0.1, 0.15) is 25.8 Å². The van der Waals surface area contributed by atoms with Crippen LogP contribution in [0.15, 0.2) is 12.3 Å². The molecule has 2 N–H and O–H groups in total. The van der Waals surface area contributed by atoms with Crippen LogP contribution in [0.5, 0.6) is 0 Å². The summed E-state index contributed by atoms with van der Waals surface area (Å²) in [6.07, 6.45) is 2.93. The molecule has 2 unspecified atom stereocenters. The van der Waals surface area contributed by atoms with E-state index in [1.807, 2.05) is 6.07 Å². The van der Waals surface area contributed by atoms with Gasteiger partial charge in [0, 0.05) is 25.3 Å². The fourth-order valence-corrected chi connectivity index (χ4v) is 2.58. The van der Waals surface area contributed by atoms with Gasteiger partial charge in [-0.25, -0.2) is 4.98 Å². The molecule has 2 heterocycles. The smallest absolute Gasteiger partial charge is 0.129 e. The van der Waals surface area contributed by atoms with Crippen molar-refractivity contribution >= 4 is 17.4 Å². The molecule has 1 aromatic heterocycles. The molecule has 0 bridgehead atoms. The van der Waals surface area contributed by atoms with Crippen LogP contribution < -0.4 is 10.6 Å². The first-order valence-electron chi connectivity index (χ1n) is 5.73. The molecule has 88 valence electrons. The average molecular weight is 240 g/mol. The first-order chi connectivity index (χ1) is 7.61. The summed E-state index contributed by atoms with van der Waals surface area (Å²) in [6.45, 7) is 6.05. The lowest BCUT2D eigenvalue weighted by Crippen LogP contribution is -2.27. The SMILES string of the molecule is CC1CC(C)N(c2cc(CN)c(Cl)cn2)C1. The standard InChI is InChI=1S/C12H18ClN3/c1-8-3-9(2)16(7-8)12-4-10(5-14)11(13)6-15-12/h4,6,8-9H,3,5,7,14H2,1-2H3. The van der Waals surface area contributed by atoms with Crippen molar-refractivity contribution in [2.45, 2.75) is 32.9 Å². The number of nitrogens with zero attached hydrogens (tertiary/aromatic N) is 2.